The van der Waals surface area contributed by atoms with Crippen LogP contribution in [0.5, 0.6) is 11.5 Å². The van der Waals surface area contributed by atoms with Crippen LogP contribution in [0.25, 0.3) is 11.1 Å². The van der Waals surface area contributed by atoms with Gasteiger partial charge in [0.15, 0.2) is 0 Å². The normalized spacial score (nSPS) is 9.91. The molecule has 0 radical (unpaired) electrons. The highest BCUT2D eigenvalue weighted by Gasteiger charge is 2.07. The van der Waals surface area contributed by atoms with Crippen LogP contribution >= 0.6 is 0 Å². The molecule has 0 aromatic heterocycles. The molecule has 2 aromatic carbocycles. The van der Waals surface area contributed by atoms with E-state index in [-0.39, 0.29) is 0 Å². The van der Waals surface area contributed by atoms with Crippen LogP contribution in [0.2, 0.25) is 0 Å². The second-order valence-corrected chi connectivity index (χ2v) is 4.89. The van der Waals surface area contributed by atoms with Crippen molar-refractivity contribution in [1.82, 2.24) is 0 Å². The average molecular weight is 296 g/mol. The molecule has 4 nitrogen and oxygen atoms in total. The lowest BCUT2D eigenvalue weighted by Gasteiger charge is -2.09. The summed E-state index contributed by atoms with van der Waals surface area (Å²) in [4.78, 5) is 21.8. The van der Waals surface area contributed by atoms with E-state index in [0.29, 0.717) is 23.5 Å². The molecular formula is C18H16O4. The Balaban J connectivity index is 2.21. The van der Waals surface area contributed by atoms with Gasteiger partial charge in [0, 0.05) is 5.57 Å². The van der Waals surface area contributed by atoms with E-state index < -0.39 is 5.97 Å². The molecule has 0 N–H and O–H groups in total. The highest BCUT2D eigenvalue weighted by Crippen LogP contribution is 2.28. The molecular weight excluding hydrogens is 280 g/mol. The van der Waals surface area contributed by atoms with Crippen molar-refractivity contribution in [3.05, 3.63) is 60.2 Å². The second-order valence-electron chi connectivity index (χ2n) is 4.89. The Kier molecular flexibility index (Phi) is 4.73. The van der Waals surface area contributed by atoms with E-state index >= 15 is 0 Å². The number of esters is 1. The van der Waals surface area contributed by atoms with Crippen LogP contribution in [0.4, 0.5) is 0 Å². The molecule has 2 aromatic rings. The molecule has 4 heteroatoms. The van der Waals surface area contributed by atoms with Crippen LogP contribution in [0.1, 0.15) is 12.5 Å². The SMILES string of the molecule is C=C(C)C(=O)Oc1ccc(-c2ccc(OC=O)cc2C)cc1. The molecule has 0 heterocycles. The molecule has 0 aliphatic rings. The topological polar surface area (TPSA) is 52.6 Å². The van der Waals surface area contributed by atoms with Gasteiger partial charge in [-0.25, -0.2) is 4.79 Å². The van der Waals surface area contributed by atoms with Gasteiger partial charge < -0.3 is 9.47 Å². The third-order valence-corrected chi connectivity index (χ3v) is 3.11. The van der Waals surface area contributed by atoms with E-state index in [2.05, 4.69) is 6.58 Å². The summed E-state index contributed by atoms with van der Waals surface area (Å²) >= 11 is 0. The molecule has 0 spiro atoms. The Morgan fingerprint density at radius 3 is 2.27 bits per heavy atom. The minimum absolute atomic E-state index is 0.352. The van der Waals surface area contributed by atoms with Gasteiger partial charge in [0.25, 0.3) is 6.47 Å². The molecule has 0 saturated carbocycles. The summed E-state index contributed by atoms with van der Waals surface area (Å²) < 4.78 is 9.97. The van der Waals surface area contributed by atoms with Crippen molar-refractivity contribution in [3.8, 4) is 22.6 Å². The molecule has 22 heavy (non-hydrogen) atoms. The summed E-state index contributed by atoms with van der Waals surface area (Å²) in [7, 11) is 0. The quantitative estimate of drug-likeness (QED) is 0.365. The number of rotatable bonds is 5. The van der Waals surface area contributed by atoms with Crippen LogP contribution in [0.3, 0.4) is 0 Å². The minimum Gasteiger partial charge on any atom is -0.429 e. The van der Waals surface area contributed by atoms with E-state index in [0.717, 1.165) is 16.7 Å². The standard InChI is InChI=1S/C18H16O4/c1-12(2)18(20)22-15-6-4-14(5-7-15)17-9-8-16(21-11-19)10-13(17)3/h4-11H,1H2,2-3H3. The zero-order valence-corrected chi connectivity index (χ0v) is 12.5. The largest absolute Gasteiger partial charge is 0.429 e. The first-order valence-electron chi connectivity index (χ1n) is 6.70. The van der Waals surface area contributed by atoms with Gasteiger partial charge in [-0.2, -0.15) is 0 Å². The highest BCUT2D eigenvalue weighted by molar-refractivity contribution is 5.88. The van der Waals surface area contributed by atoms with Crippen LogP contribution in [-0.4, -0.2) is 12.4 Å². The van der Waals surface area contributed by atoms with Gasteiger partial charge in [-0.15, -0.1) is 0 Å². The predicted molar refractivity (Wildman–Crippen MR) is 83.8 cm³/mol. The molecule has 112 valence electrons. The molecule has 0 aliphatic heterocycles. The number of carbonyl (C=O) groups excluding carboxylic acids is 2. The maximum Gasteiger partial charge on any atom is 0.338 e. The summed E-state index contributed by atoms with van der Waals surface area (Å²) in [5.41, 5.74) is 3.32. The van der Waals surface area contributed by atoms with E-state index in [1.54, 1.807) is 31.2 Å². The van der Waals surface area contributed by atoms with Gasteiger partial charge in [0.05, 0.1) is 0 Å². The van der Waals surface area contributed by atoms with Crippen molar-refractivity contribution in [3.63, 3.8) is 0 Å². The Morgan fingerprint density at radius 1 is 1.09 bits per heavy atom. The van der Waals surface area contributed by atoms with Crippen molar-refractivity contribution in [2.45, 2.75) is 13.8 Å². The van der Waals surface area contributed by atoms with Crippen molar-refractivity contribution in [2.75, 3.05) is 0 Å². The lowest BCUT2D eigenvalue weighted by molar-refractivity contribution is -0.130. The number of carbonyl (C=O) groups is 2. The van der Waals surface area contributed by atoms with E-state index in [1.807, 2.05) is 25.1 Å². The minimum atomic E-state index is -0.445. The average Bonchev–Trinajstić information content (AvgIpc) is 2.49. The summed E-state index contributed by atoms with van der Waals surface area (Å²) in [6, 6.07) is 12.6. The Hall–Kier alpha value is -2.88. The Labute approximate surface area is 129 Å². The van der Waals surface area contributed by atoms with Crippen LogP contribution in [0.15, 0.2) is 54.6 Å². The summed E-state index contributed by atoms with van der Waals surface area (Å²) in [6.45, 7) is 7.47. The lowest BCUT2D eigenvalue weighted by atomic mass is 10.0. The predicted octanol–water partition coefficient (Wildman–Crippen LogP) is 3.68. The van der Waals surface area contributed by atoms with Gasteiger partial charge in [0.1, 0.15) is 11.5 Å². The monoisotopic (exact) mass is 296 g/mol. The van der Waals surface area contributed by atoms with Gasteiger partial charge in [-0.3, -0.25) is 4.79 Å². The molecule has 0 saturated heterocycles. The number of benzene rings is 2. The lowest BCUT2D eigenvalue weighted by Crippen LogP contribution is -2.07. The summed E-state index contributed by atoms with van der Waals surface area (Å²) in [5, 5.41) is 0. The van der Waals surface area contributed by atoms with Crippen molar-refractivity contribution in [2.24, 2.45) is 0 Å². The molecule has 2 rings (SSSR count). The number of ether oxygens (including phenoxy) is 2. The van der Waals surface area contributed by atoms with Gasteiger partial charge in [-0.1, -0.05) is 24.8 Å². The molecule has 0 unspecified atom stereocenters. The van der Waals surface area contributed by atoms with Crippen molar-refractivity contribution < 1.29 is 19.1 Å². The maximum absolute atomic E-state index is 11.5. The zero-order chi connectivity index (χ0) is 16.1. The maximum atomic E-state index is 11.5. The first-order valence-corrected chi connectivity index (χ1v) is 6.70. The number of aryl methyl sites for hydroxylation is 1. The van der Waals surface area contributed by atoms with Gasteiger partial charge in [-0.05, 0) is 54.8 Å². The van der Waals surface area contributed by atoms with E-state index in [4.69, 9.17) is 9.47 Å². The molecule has 0 atom stereocenters. The van der Waals surface area contributed by atoms with Crippen LogP contribution < -0.4 is 9.47 Å². The number of hydrogen-bond acceptors (Lipinski definition) is 4. The Bertz CT molecular complexity index is 714. The highest BCUT2D eigenvalue weighted by atomic mass is 16.5. The molecule has 0 fully saturated rings. The molecule has 0 aliphatic carbocycles. The molecule has 0 bridgehead atoms. The smallest absolute Gasteiger partial charge is 0.338 e. The summed E-state index contributed by atoms with van der Waals surface area (Å²) in [6.07, 6.45) is 0. The van der Waals surface area contributed by atoms with Crippen molar-refractivity contribution in [1.29, 1.82) is 0 Å². The molecule has 0 amide bonds. The fourth-order valence-electron chi connectivity index (χ4n) is 1.99. The first kappa shape index (κ1) is 15.5. The number of hydrogen-bond donors (Lipinski definition) is 0. The zero-order valence-electron chi connectivity index (χ0n) is 12.5. The third kappa shape index (κ3) is 3.61. The van der Waals surface area contributed by atoms with Crippen LogP contribution in [0, 0.1) is 6.92 Å². The van der Waals surface area contributed by atoms with E-state index in [9.17, 15) is 9.59 Å². The van der Waals surface area contributed by atoms with Gasteiger partial charge in [0.2, 0.25) is 0 Å². The first-order chi connectivity index (χ1) is 10.5. The fraction of sp³-hybridized carbons (Fsp3) is 0.111. The van der Waals surface area contributed by atoms with Crippen molar-refractivity contribution >= 4 is 12.4 Å². The Morgan fingerprint density at radius 2 is 1.73 bits per heavy atom. The second kappa shape index (κ2) is 6.72. The summed E-state index contributed by atoms with van der Waals surface area (Å²) in [5.74, 6) is 0.526. The van der Waals surface area contributed by atoms with Gasteiger partial charge >= 0.3 is 5.97 Å². The third-order valence-electron chi connectivity index (χ3n) is 3.11. The van der Waals surface area contributed by atoms with Crippen LogP contribution in [-0.2, 0) is 9.59 Å². The van der Waals surface area contributed by atoms with E-state index in [1.165, 1.54) is 0 Å². The fourth-order valence-corrected chi connectivity index (χ4v) is 1.99.